The van der Waals surface area contributed by atoms with Crippen LogP contribution in [0.25, 0.3) is 6.08 Å². The third-order valence-electron chi connectivity index (χ3n) is 3.49. The molecule has 0 amide bonds. The lowest BCUT2D eigenvalue weighted by molar-refractivity contribution is 0.0405. The molecule has 1 N–H and O–H groups in total. The molecular weight excluding hydrogens is 415 g/mol. The molecule has 0 saturated carbocycles. The second kappa shape index (κ2) is 26.2. The highest BCUT2D eigenvalue weighted by molar-refractivity contribution is 7.94. The molecule has 0 aliphatic rings. The van der Waals surface area contributed by atoms with Gasteiger partial charge < -0.3 is 19.5 Å². The van der Waals surface area contributed by atoms with Crippen molar-refractivity contribution in [1.29, 1.82) is 0 Å². The average Bonchev–Trinajstić information content (AvgIpc) is 2.81. The number of nitrogens with zero attached hydrogens (tertiary/aromatic N) is 1. The lowest BCUT2D eigenvalue weighted by atomic mass is 10.1. The maximum Gasteiger partial charge on any atom is 0.169 e. The van der Waals surface area contributed by atoms with Crippen molar-refractivity contribution < 1.29 is 18.1 Å². The second-order valence-electron chi connectivity index (χ2n) is 5.89. The summed E-state index contributed by atoms with van der Waals surface area (Å²) in [6.45, 7) is 10.6. The third-order valence-corrected chi connectivity index (χ3v) is 3.81. The standard InChI is InChI=1S/C14H19N.C8H16FNO3S.C2H6/c1-4-5-12(2)6-7-13-8-10-14(15-3)11-9-13;1-10-8-13-5-4-11-2-3-12-6-7-14-9;1-2/h4-12,15H,1-3H3;8H,2-7H2,1H3;1-2H3/b5-4-,7-6+;;. The van der Waals surface area contributed by atoms with Crippen LogP contribution < -0.4 is 5.32 Å². The highest BCUT2D eigenvalue weighted by Gasteiger charge is 1.92. The number of rotatable bonds is 14. The van der Waals surface area contributed by atoms with E-state index in [-0.39, 0.29) is 12.1 Å². The molecule has 31 heavy (non-hydrogen) atoms. The maximum absolute atomic E-state index is 11.5. The Balaban J connectivity index is 0. The van der Waals surface area contributed by atoms with Crippen molar-refractivity contribution >= 4 is 30.3 Å². The van der Waals surface area contributed by atoms with Crippen molar-refractivity contribution in [3.63, 3.8) is 0 Å². The van der Waals surface area contributed by atoms with Gasteiger partial charge in [0, 0.05) is 37.7 Å². The van der Waals surface area contributed by atoms with Crippen LogP contribution in [-0.4, -0.2) is 59.3 Å². The molecule has 1 rings (SSSR count). The Kier molecular flexibility index (Phi) is 26.5. The summed E-state index contributed by atoms with van der Waals surface area (Å²) in [5, 5.41) is 3.10. The molecule has 0 aliphatic heterocycles. The number of ether oxygens (including phenoxy) is 3. The topological polar surface area (TPSA) is 52.1 Å². The van der Waals surface area contributed by atoms with E-state index < -0.39 is 0 Å². The van der Waals surface area contributed by atoms with Crippen molar-refractivity contribution in [2.24, 2.45) is 10.9 Å². The monoisotopic (exact) mass is 456 g/mol. The predicted octanol–water partition coefficient (Wildman–Crippen LogP) is 6.29. The number of nitrogens with one attached hydrogen (secondary N) is 1. The van der Waals surface area contributed by atoms with Gasteiger partial charge in [-0.25, -0.2) is 0 Å². The molecule has 1 aromatic carbocycles. The Labute approximate surface area is 193 Å². The SMILES string of the molecule is C/C=C\C(C)/C=C/c1ccc(NC)cc1.CC.CN=COCCOCCOCCSF. The van der Waals surface area contributed by atoms with Crippen LogP contribution in [0.4, 0.5) is 9.57 Å². The third kappa shape index (κ3) is 22.7. The molecule has 7 heteroatoms. The smallest absolute Gasteiger partial charge is 0.169 e. The molecule has 0 aromatic heterocycles. The normalized spacial score (nSPS) is 11.7. The zero-order valence-electron chi connectivity index (χ0n) is 20.0. The summed E-state index contributed by atoms with van der Waals surface area (Å²) in [5.74, 6) is 0.870. The van der Waals surface area contributed by atoms with Gasteiger partial charge in [0.2, 0.25) is 0 Å². The van der Waals surface area contributed by atoms with Gasteiger partial charge in [-0.2, -0.15) is 3.89 Å². The number of halogens is 1. The van der Waals surface area contributed by atoms with Crippen LogP contribution in [0.5, 0.6) is 0 Å². The largest absolute Gasteiger partial charge is 0.481 e. The van der Waals surface area contributed by atoms with E-state index in [0.29, 0.717) is 44.7 Å². The van der Waals surface area contributed by atoms with E-state index in [9.17, 15) is 3.89 Å². The Hall–Kier alpha value is -1.83. The van der Waals surface area contributed by atoms with Gasteiger partial charge in [-0.3, -0.25) is 4.99 Å². The minimum atomic E-state index is 0.279. The van der Waals surface area contributed by atoms with Crippen LogP contribution in [0.15, 0.2) is 47.5 Å². The summed E-state index contributed by atoms with van der Waals surface area (Å²) in [6.07, 6.45) is 9.99. The molecule has 1 unspecified atom stereocenters. The highest BCUT2D eigenvalue weighted by atomic mass is 32.2. The first-order chi connectivity index (χ1) is 15.2. The summed E-state index contributed by atoms with van der Waals surface area (Å²) >= 11 is 0.279. The van der Waals surface area contributed by atoms with Gasteiger partial charge in [0.25, 0.3) is 0 Å². The fourth-order valence-electron chi connectivity index (χ4n) is 2.04. The Morgan fingerprint density at radius 1 is 1.03 bits per heavy atom. The number of hydrogen-bond donors (Lipinski definition) is 1. The van der Waals surface area contributed by atoms with Crippen LogP contribution in [-0.2, 0) is 14.2 Å². The highest BCUT2D eigenvalue weighted by Crippen LogP contribution is 2.11. The summed E-state index contributed by atoms with van der Waals surface area (Å²) in [4.78, 5) is 3.64. The second-order valence-corrected chi connectivity index (χ2v) is 6.51. The number of anilines is 1. The molecule has 0 saturated heterocycles. The minimum absolute atomic E-state index is 0.279. The first-order valence-electron chi connectivity index (χ1n) is 10.7. The first kappa shape index (κ1) is 31.4. The van der Waals surface area contributed by atoms with Crippen molar-refractivity contribution in [1.82, 2.24) is 0 Å². The van der Waals surface area contributed by atoms with Crippen molar-refractivity contribution in [3.05, 3.63) is 48.1 Å². The van der Waals surface area contributed by atoms with E-state index in [1.807, 2.05) is 27.8 Å². The Bertz CT molecular complexity index is 566. The van der Waals surface area contributed by atoms with Crippen molar-refractivity contribution in [2.45, 2.75) is 27.7 Å². The van der Waals surface area contributed by atoms with Gasteiger partial charge in [0.05, 0.1) is 26.4 Å². The van der Waals surface area contributed by atoms with Gasteiger partial charge in [0.15, 0.2) is 6.40 Å². The van der Waals surface area contributed by atoms with Gasteiger partial charge >= 0.3 is 0 Å². The lowest BCUT2D eigenvalue weighted by Gasteiger charge is -2.04. The Morgan fingerprint density at radius 3 is 2.19 bits per heavy atom. The van der Waals surface area contributed by atoms with Gasteiger partial charge in [-0.05, 0) is 30.5 Å². The molecule has 5 nitrogen and oxygen atoms in total. The van der Waals surface area contributed by atoms with Gasteiger partial charge in [0.1, 0.15) is 6.61 Å². The van der Waals surface area contributed by atoms with Gasteiger partial charge in [-0.1, -0.05) is 57.2 Å². The van der Waals surface area contributed by atoms with Crippen LogP contribution in [0, 0.1) is 5.92 Å². The van der Waals surface area contributed by atoms with E-state index in [1.165, 1.54) is 12.0 Å². The van der Waals surface area contributed by atoms with Crippen LogP contribution >= 0.6 is 12.1 Å². The molecule has 0 bridgehead atoms. The van der Waals surface area contributed by atoms with Gasteiger partial charge in [-0.15, -0.1) is 0 Å². The fourth-order valence-corrected chi connectivity index (χ4v) is 2.22. The molecule has 1 atom stereocenters. The van der Waals surface area contributed by atoms with Crippen LogP contribution in [0.1, 0.15) is 33.3 Å². The minimum Gasteiger partial charge on any atom is -0.481 e. The van der Waals surface area contributed by atoms with Crippen molar-refractivity contribution in [2.75, 3.05) is 58.2 Å². The maximum atomic E-state index is 11.5. The molecule has 0 spiro atoms. The molecule has 0 aliphatic carbocycles. The molecule has 178 valence electrons. The summed E-state index contributed by atoms with van der Waals surface area (Å²) in [5.41, 5.74) is 2.39. The van der Waals surface area contributed by atoms with E-state index in [2.05, 4.69) is 65.8 Å². The zero-order chi connectivity index (χ0) is 23.6. The molecule has 0 fully saturated rings. The van der Waals surface area contributed by atoms with E-state index in [4.69, 9.17) is 14.2 Å². The van der Waals surface area contributed by atoms with E-state index >= 15 is 0 Å². The number of hydrogen-bond acceptors (Lipinski definition) is 6. The predicted molar refractivity (Wildman–Crippen MR) is 136 cm³/mol. The van der Waals surface area contributed by atoms with E-state index in [0.717, 1.165) is 5.69 Å². The molecule has 0 heterocycles. The lowest BCUT2D eigenvalue weighted by Crippen LogP contribution is -2.09. The zero-order valence-corrected chi connectivity index (χ0v) is 20.8. The summed E-state index contributed by atoms with van der Waals surface area (Å²) < 4.78 is 26.6. The summed E-state index contributed by atoms with van der Waals surface area (Å²) in [7, 11) is 3.57. The van der Waals surface area contributed by atoms with Crippen molar-refractivity contribution in [3.8, 4) is 0 Å². The fraction of sp³-hybridized carbons (Fsp3) is 0.542. The Morgan fingerprint density at radius 2 is 1.65 bits per heavy atom. The molecular formula is C24H41FN2O3S. The number of allylic oxidation sites excluding steroid dienone is 3. The molecule has 0 radical (unpaired) electrons. The molecule has 1 aromatic rings. The number of aliphatic imine (C=N–C) groups is 1. The quantitative estimate of drug-likeness (QED) is 0.154. The average molecular weight is 457 g/mol. The first-order valence-corrected chi connectivity index (χ1v) is 11.6. The summed E-state index contributed by atoms with van der Waals surface area (Å²) in [6, 6.07) is 8.40. The van der Waals surface area contributed by atoms with Crippen LogP contribution in [0.2, 0.25) is 0 Å². The number of benzene rings is 1. The van der Waals surface area contributed by atoms with Crippen LogP contribution in [0.3, 0.4) is 0 Å². The van der Waals surface area contributed by atoms with E-state index in [1.54, 1.807) is 7.05 Å².